The van der Waals surface area contributed by atoms with E-state index in [1.807, 2.05) is 90.4 Å². The number of carbonyl (C=O) groups excluding carboxylic acids is 1. The van der Waals surface area contributed by atoms with E-state index in [4.69, 9.17) is 9.72 Å². The maximum absolute atomic E-state index is 13.2. The molecular formula is C28H31N5O2. The fourth-order valence-electron chi connectivity index (χ4n) is 4.78. The number of ether oxygens (including phenoxy) is 1. The van der Waals surface area contributed by atoms with Crippen molar-refractivity contribution in [2.75, 3.05) is 39.2 Å². The number of aryl methyl sites for hydroxylation is 1. The molecule has 3 heterocycles. The Bertz CT molecular complexity index is 1350. The summed E-state index contributed by atoms with van der Waals surface area (Å²) in [5.41, 5.74) is 6.71. The molecule has 0 spiro atoms. The average Bonchev–Trinajstić information content (AvgIpc) is 3.28. The first-order chi connectivity index (χ1) is 16.9. The summed E-state index contributed by atoms with van der Waals surface area (Å²) in [4.78, 5) is 26.9. The molecule has 4 aromatic rings. The minimum Gasteiger partial charge on any atom is -0.497 e. The van der Waals surface area contributed by atoms with Crippen LogP contribution in [0.5, 0.6) is 5.75 Å². The van der Waals surface area contributed by atoms with Crippen LogP contribution in [0, 0.1) is 0 Å². The van der Waals surface area contributed by atoms with Crippen LogP contribution in [0.2, 0.25) is 0 Å². The van der Waals surface area contributed by atoms with E-state index in [1.54, 1.807) is 7.11 Å². The number of methoxy groups -OCH3 is 1. The lowest BCUT2D eigenvalue weighted by Crippen LogP contribution is -2.38. The van der Waals surface area contributed by atoms with Gasteiger partial charge < -0.3 is 19.1 Å². The summed E-state index contributed by atoms with van der Waals surface area (Å²) in [6.07, 6.45) is 3.61. The van der Waals surface area contributed by atoms with Crippen LogP contribution < -0.4 is 9.64 Å². The van der Waals surface area contributed by atoms with E-state index in [-0.39, 0.29) is 5.91 Å². The van der Waals surface area contributed by atoms with Crippen molar-refractivity contribution in [1.29, 1.82) is 0 Å². The van der Waals surface area contributed by atoms with Crippen molar-refractivity contribution in [1.82, 2.24) is 19.4 Å². The van der Waals surface area contributed by atoms with E-state index in [9.17, 15) is 4.79 Å². The average molecular weight is 470 g/mol. The Kier molecular flexibility index (Phi) is 6.16. The maximum atomic E-state index is 13.2. The van der Waals surface area contributed by atoms with Gasteiger partial charge in [-0.15, -0.1) is 0 Å². The lowest BCUT2D eigenvalue weighted by atomic mass is 9.92. The van der Waals surface area contributed by atoms with Gasteiger partial charge in [0.1, 0.15) is 11.3 Å². The standard InChI is InChI=1S/C28H31N5O2/c1-31(2)22-7-5-6-21(16-22)28(34)33-14-12-19(13-15-33)24-17-25-27(29-18-32(25)3)26(30-24)20-8-10-23(35-4)11-9-20/h5-11,16-19H,12-15H2,1-4H3. The molecule has 2 aromatic heterocycles. The van der Waals surface area contributed by atoms with Crippen molar-refractivity contribution in [2.45, 2.75) is 18.8 Å². The van der Waals surface area contributed by atoms with Gasteiger partial charge in [0.15, 0.2) is 0 Å². The molecule has 0 unspecified atom stereocenters. The number of fused-ring (bicyclic) bond motifs is 1. The van der Waals surface area contributed by atoms with Gasteiger partial charge in [0.2, 0.25) is 0 Å². The van der Waals surface area contributed by atoms with Gasteiger partial charge in [0.05, 0.1) is 24.6 Å². The number of aromatic nitrogens is 3. The van der Waals surface area contributed by atoms with Crippen LogP contribution in [0.4, 0.5) is 5.69 Å². The number of piperidine rings is 1. The molecule has 1 aliphatic rings. The van der Waals surface area contributed by atoms with Gasteiger partial charge in [-0.05, 0) is 61.4 Å². The Morgan fingerprint density at radius 1 is 1.06 bits per heavy atom. The Morgan fingerprint density at radius 2 is 1.80 bits per heavy atom. The first-order valence-electron chi connectivity index (χ1n) is 12.0. The summed E-state index contributed by atoms with van der Waals surface area (Å²) < 4.78 is 7.37. The molecule has 1 aliphatic heterocycles. The smallest absolute Gasteiger partial charge is 0.253 e. The number of nitrogens with zero attached hydrogens (tertiary/aromatic N) is 5. The summed E-state index contributed by atoms with van der Waals surface area (Å²) in [6, 6.07) is 18.0. The van der Waals surface area contributed by atoms with E-state index in [0.717, 1.165) is 70.9 Å². The number of anilines is 1. The third-order valence-corrected chi connectivity index (χ3v) is 6.91. The van der Waals surface area contributed by atoms with Crippen LogP contribution in [0.15, 0.2) is 60.9 Å². The summed E-state index contributed by atoms with van der Waals surface area (Å²) in [5.74, 6) is 1.21. The molecular weight excluding hydrogens is 438 g/mol. The number of amides is 1. The molecule has 1 saturated heterocycles. The predicted octanol–water partition coefficient (Wildman–Crippen LogP) is 4.73. The third kappa shape index (κ3) is 4.46. The molecule has 35 heavy (non-hydrogen) atoms. The van der Waals surface area contributed by atoms with Crippen LogP contribution in [0.1, 0.15) is 34.8 Å². The zero-order valence-corrected chi connectivity index (χ0v) is 20.7. The normalized spacial score (nSPS) is 14.3. The second-order valence-corrected chi connectivity index (χ2v) is 9.36. The highest BCUT2D eigenvalue weighted by Gasteiger charge is 2.27. The molecule has 0 aliphatic carbocycles. The van der Waals surface area contributed by atoms with Gasteiger partial charge in [0.25, 0.3) is 5.91 Å². The molecule has 7 heteroatoms. The molecule has 0 bridgehead atoms. The van der Waals surface area contributed by atoms with Crippen LogP contribution in [0.25, 0.3) is 22.3 Å². The molecule has 2 aromatic carbocycles. The van der Waals surface area contributed by atoms with Gasteiger partial charge in [-0.3, -0.25) is 9.78 Å². The van der Waals surface area contributed by atoms with Gasteiger partial charge in [-0.1, -0.05) is 6.07 Å². The van der Waals surface area contributed by atoms with E-state index >= 15 is 0 Å². The molecule has 0 radical (unpaired) electrons. The van der Waals surface area contributed by atoms with E-state index in [1.165, 1.54) is 0 Å². The summed E-state index contributed by atoms with van der Waals surface area (Å²) >= 11 is 0. The third-order valence-electron chi connectivity index (χ3n) is 6.91. The highest BCUT2D eigenvalue weighted by molar-refractivity contribution is 5.95. The minimum absolute atomic E-state index is 0.0983. The maximum Gasteiger partial charge on any atom is 0.253 e. The van der Waals surface area contributed by atoms with Crippen LogP contribution in [-0.2, 0) is 7.05 Å². The largest absolute Gasteiger partial charge is 0.497 e. The van der Waals surface area contributed by atoms with Gasteiger partial charge in [0, 0.05) is 62.7 Å². The first kappa shape index (κ1) is 22.9. The number of carbonyl (C=O) groups is 1. The molecule has 180 valence electrons. The summed E-state index contributed by atoms with van der Waals surface area (Å²) in [5, 5.41) is 0. The Labute approximate surface area is 206 Å². The van der Waals surface area contributed by atoms with Gasteiger partial charge in [-0.25, -0.2) is 4.98 Å². The molecule has 5 rings (SSSR count). The predicted molar refractivity (Wildman–Crippen MR) is 139 cm³/mol. The fourth-order valence-corrected chi connectivity index (χ4v) is 4.78. The minimum atomic E-state index is 0.0983. The number of likely N-dealkylation sites (tertiary alicyclic amines) is 1. The quantitative estimate of drug-likeness (QED) is 0.423. The SMILES string of the molecule is COc1ccc(-c2nc(C3CCN(C(=O)c4cccc(N(C)C)c4)CC3)cc3c2ncn3C)cc1. The molecule has 1 amide bonds. The zero-order chi connectivity index (χ0) is 24.5. The second-order valence-electron chi connectivity index (χ2n) is 9.36. The number of benzene rings is 2. The van der Waals surface area contributed by atoms with Gasteiger partial charge >= 0.3 is 0 Å². The number of pyridine rings is 1. The van der Waals surface area contributed by atoms with E-state index < -0.39 is 0 Å². The number of rotatable bonds is 5. The topological polar surface area (TPSA) is 63.5 Å². The molecule has 0 N–H and O–H groups in total. The van der Waals surface area contributed by atoms with Crippen LogP contribution >= 0.6 is 0 Å². The number of hydrogen-bond acceptors (Lipinski definition) is 5. The molecule has 1 fully saturated rings. The highest BCUT2D eigenvalue weighted by Crippen LogP contribution is 2.34. The van der Waals surface area contributed by atoms with Crippen LogP contribution in [-0.4, -0.2) is 59.6 Å². The lowest BCUT2D eigenvalue weighted by Gasteiger charge is -2.32. The summed E-state index contributed by atoms with van der Waals surface area (Å²) in [7, 11) is 7.66. The van der Waals surface area contributed by atoms with Crippen molar-refractivity contribution < 1.29 is 9.53 Å². The molecule has 7 nitrogen and oxygen atoms in total. The number of hydrogen-bond donors (Lipinski definition) is 0. The number of imidazole rings is 1. The van der Waals surface area contributed by atoms with Crippen molar-refractivity contribution in [3.63, 3.8) is 0 Å². The Hall–Kier alpha value is -3.87. The van der Waals surface area contributed by atoms with Crippen molar-refractivity contribution in [3.8, 4) is 17.0 Å². The fraction of sp³-hybridized carbons (Fsp3) is 0.321. The summed E-state index contributed by atoms with van der Waals surface area (Å²) in [6.45, 7) is 1.44. The van der Waals surface area contributed by atoms with Crippen molar-refractivity contribution in [3.05, 3.63) is 72.2 Å². The second kappa shape index (κ2) is 9.41. The molecule has 0 atom stereocenters. The Balaban J connectivity index is 1.38. The lowest BCUT2D eigenvalue weighted by molar-refractivity contribution is 0.0712. The van der Waals surface area contributed by atoms with Crippen molar-refractivity contribution >= 4 is 22.6 Å². The van der Waals surface area contributed by atoms with Crippen LogP contribution in [0.3, 0.4) is 0 Å². The van der Waals surface area contributed by atoms with Gasteiger partial charge in [-0.2, -0.15) is 0 Å². The van der Waals surface area contributed by atoms with Crippen molar-refractivity contribution in [2.24, 2.45) is 7.05 Å². The van der Waals surface area contributed by atoms with E-state index in [0.29, 0.717) is 5.92 Å². The highest BCUT2D eigenvalue weighted by atomic mass is 16.5. The van der Waals surface area contributed by atoms with E-state index in [2.05, 4.69) is 11.1 Å². The first-order valence-corrected chi connectivity index (χ1v) is 12.0. The Morgan fingerprint density at radius 3 is 2.49 bits per heavy atom. The monoisotopic (exact) mass is 469 g/mol. The zero-order valence-electron chi connectivity index (χ0n) is 20.7. The molecule has 0 saturated carbocycles.